The van der Waals surface area contributed by atoms with Gasteiger partial charge in [0.05, 0.1) is 14.2 Å². The molecule has 32 heavy (non-hydrogen) atoms. The van der Waals surface area contributed by atoms with Gasteiger partial charge in [-0.1, -0.05) is 6.08 Å². The molecule has 0 bridgehead atoms. The lowest BCUT2D eigenvalue weighted by atomic mass is 10.1. The molecule has 1 heterocycles. The summed E-state index contributed by atoms with van der Waals surface area (Å²) < 4.78 is 40.9. The van der Waals surface area contributed by atoms with Gasteiger partial charge in [-0.05, 0) is 62.8 Å². The molecule has 0 fully saturated rings. The highest BCUT2D eigenvalue weighted by molar-refractivity contribution is 6.69. The van der Waals surface area contributed by atoms with E-state index in [0.29, 0.717) is 40.9 Å². The molecule has 7 nitrogen and oxygen atoms in total. The lowest BCUT2D eigenvalue weighted by Crippen LogP contribution is -2.43. The van der Waals surface area contributed by atoms with Crippen molar-refractivity contribution < 1.29 is 32.8 Å². The monoisotopic (exact) mass is 460 g/mol. The average molecular weight is 461 g/mol. The molecule has 174 valence electrons. The summed E-state index contributed by atoms with van der Waals surface area (Å²) in [5, 5.41) is 0. The zero-order valence-corrected chi connectivity index (χ0v) is 20.6. The van der Waals surface area contributed by atoms with Gasteiger partial charge in [-0.25, -0.2) is 0 Å². The van der Waals surface area contributed by atoms with Crippen LogP contribution in [0.1, 0.15) is 12.5 Å². The molecule has 2 unspecified atom stereocenters. The number of ether oxygens (including phenoxy) is 6. The summed E-state index contributed by atoms with van der Waals surface area (Å²) in [4.78, 5) is 0. The van der Waals surface area contributed by atoms with Gasteiger partial charge < -0.3 is 32.8 Å². The molecule has 1 aliphatic rings. The lowest BCUT2D eigenvalue weighted by molar-refractivity contribution is -0.0740. The van der Waals surface area contributed by atoms with Crippen LogP contribution in [-0.4, -0.2) is 41.7 Å². The molecule has 2 aromatic rings. The molecular weight excluding hydrogens is 428 g/mol. The number of methoxy groups -OCH3 is 2. The van der Waals surface area contributed by atoms with Gasteiger partial charge in [-0.3, -0.25) is 0 Å². The average Bonchev–Trinajstić information content (AvgIpc) is 3.21. The van der Waals surface area contributed by atoms with Gasteiger partial charge in [0, 0.05) is 6.07 Å². The Balaban J connectivity index is 1.86. The normalized spacial score (nSPS) is 14.4. The molecule has 0 saturated heterocycles. The minimum atomic E-state index is -1.97. The Morgan fingerprint density at radius 2 is 1.66 bits per heavy atom. The highest BCUT2D eigenvalue weighted by Gasteiger charge is 2.31. The fourth-order valence-corrected chi connectivity index (χ4v) is 4.16. The third-order valence-electron chi connectivity index (χ3n) is 4.65. The number of benzene rings is 2. The molecule has 3 rings (SSSR count). The van der Waals surface area contributed by atoms with Gasteiger partial charge in [0.15, 0.2) is 37.4 Å². The van der Waals surface area contributed by atoms with Crippen molar-refractivity contribution in [3.8, 4) is 34.5 Å². The van der Waals surface area contributed by atoms with Crippen molar-refractivity contribution in [2.24, 2.45) is 0 Å². The maximum absolute atomic E-state index is 6.33. The quantitative estimate of drug-likeness (QED) is 0.260. The summed E-state index contributed by atoms with van der Waals surface area (Å²) in [6, 6.07) is 9.27. The number of rotatable bonds is 11. The fourth-order valence-electron chi connectivity index (χ4n) is 3.22. The van der Waals surface area contributed by atoms with Crippen molar-refractivity contribution in [2.45, 2.75) is 45.4 Å². The maximum atomic E-state index is 6.33. The highest BCUT2D eigenvalue weighted by atomic mass is 28.4. The Morgan fingerprint density at radius 3 is 2.25 bits per heavy atom. The van der Waals surface area contributed by atoms with Gasteiger partial charge in [0.25, 0.3) is 0 Å². The van der Waals surface area contributed by atoms with Crippen LogP contribution < -0.4 is 28.4 Å². The van der Waals surface area contributed by atoms with E-state index < -0.39 is 20.7 Å². The second-order valence-corrected chi connectivity index (χ2v) is 12.8. The summed E-state index contributed by atoms with van der Waals surface area (Å²) >= 11 is 0. The van der Waals surface area contributed by atoms with E-state index in [1.807, 2.05) is 37.3 Å². The van der Waals surface area contributed by atoms with Crippen molar-refractivity contribution in [3.63, 3.8) is 0 Å². The summed E-state index contributed by atoms with van der Waals surface area (Å²) in [6.45, 7) is 12.2. The minimum absolute atomic E-state index is 0.203. The van der Waals surface area contributed by atoms with E-state index in [9.17, 15) is 0 Å². The Hall–Kier alpha value is -2.84. The predicted molar refractivity (Wildman–Crippen MR) is 125 cm³/mol. The van der Waals surface area contributed by atoms with Gasteiger partial charge in [-0.2, -0.15) is 0 Å². The molecule has 0 radical (unpaired) electrons. The van der Waals surface area contributed by atoms with Crippen molar-refractivity contribution in [3.05, 3.63) is 48.6 Å². The van der Waals surface area contributed by atoms with E-state index in [1.165, 1.54) is 0 Å². The van der Waals surface area contributed by atoms with E-state index in [4.69, 9.17) is 32.8 Å². The van der Waals surface area contributed by atoms with Crippen LogP contribution in [0.15, 0.2) is 43.0 Å². The van der Waals surface area contributed by atoms with E-state index >= 15 is 0 Å². The number of hydrogen-bond acceptors (Lipinski definition) is 7. The van der Waals surface area contributed by atoms with Crippen molar-refractivity contribution in [1.82, 2.24) is 0 Å². The molecule has 1 aliphatic heterocycles. The van der Waals surface area contributed by atoms with E-state index in [0.717, 1.165) is 5.56 Å². The predicted octanol–water partition coefficient (Wildman–Crippen LogP) is 5.18. The van der Waals surface area contributed by atoms with E-state index in [2.05, 4.69) is 26.2 Å². The SMILES string of the molecule is C=CCc1cc(OC)c(OC(C)C(Oc2ccc3c(c2)OCO3)O[Si](C)(C)C)c(OC)c1. The van der Waals surface area contributed by atoms with Crippen LogP contribution in [0, 0.1) is 0 Å². The first-order chi connectivity index (χ1) is 15.2. The van der Waals surface area contributed by atoms with Crippen molar-refractivity contribution >= 4 is 8.32 Å². The van der Waals surface area contributed by atoms with Crippen LogP contribution in [0.5, 0.6) is 34.5 Å². The molecule has 0 amide bonds. The van der Waals surface area contributed by atoms with Gasteiger partial charge in [0.1, 0.15) is 5.75 Å². The Bertz CT molecular complexity index is 913. The van der Waals surface area contributed by atoms with Gasteiger partial charge in [-0.15, -0.1) is 6.58 Å². The summed E-state index contributed by atoms with van der Waals surface area (Å²) in [6.07, 6.45) is 1.38. The van der Waals surface area contributed by atoms with Crippen LogP contribution in [0.3, 0.4) is 0 Å². The second kappa shape index (κ2) is 10.2. The molecule has 8 heteroatoms. The van der Waals surface area contributed by atoms with Crippen LogP contribution in [0.4, 0.5) is 0 Å². The molecule has 0 aromatic heterocycles. The molecule has 0 N–H and O–H groups in total. The van der Waals surface area contributed by atoms with Crippen molar-refractivity contribution in [1.29, 1.82) is 0 Å². The lowest BCUT2D eigenvalue weighted by Gasteiger charge is -2.31. The highest BCUT2D eigenvalue weighted by Crippen LogP contribution is 2.40. The summed E-state index contributed by atoms with van der Waals surface area (Å²) in [5.41, 5.74) is 1.01. The third-order valence-corrected chi connectivity index (χ3v) is 5.59. The van der Waals surface area contributed by atoms with Crippen LogP contribution in [0.2, 0.25) is 19.6 Å². The first-order valence-corrected chi connectivity index (χ1v) is 13.9. The maximum Gasteiger partial charge on any atom is 0.231 e. The molecule has 0 aliphatic carbocycles. The van der Waals surface area contributed by atoms with E-state index in [1.54, 1.807) is 20.3 Å². The number of allylic oxidation sites excluding steroid dienone is 1. The Kier molecular flexibility index (Phi) is 7.58. The zero-order chi connectivity index (χ0) is 23.3. The van der Waals surface area contributed by atoms with Crippen LogP contribution >= 0.6 is 0 Å². The third kappa shape index (κ3) is 5.89. The first kappa shape index (κ1) is 23.8. The standard InChI is InChI=1S/C24H32O7Si/c1-8-9-17-12-21(25-3)23(22(13-17)26-4)29-16(2)24(31-32(5,6)7)30-18-10-11-19-20(14-18)28-15-27-19/h8,10-14,16,24H,1,9,15H2,2-7H3. The number of hydrogen-bond donors (Lipinski definition) is 0. The molecule has 0 spiro atoms. The molecule has 0 saturated carbocycles. The first-order valence-electron chi connectivity index (χ1n) is 10.5. The second-order valence-electron chi connectivity index (χ2n) is 8.38. The van der Waals surface area contributed by atoms with Gasteiger partial charge >= 0.3 is 0 Å². The fraction of sp³-hybridized carbons (Fsp3) is 0.417. The van der Waals surface area contributed by atoms with Crippen molar-refractivity contribution in [2.75, 3.05) is 21.0 Å². The molecule has 2 aromatic carbocycles. The smallest absolute Gasteiger partial charge is 0.231 e. The van der Waals surface area contributed by atoms with Crippen LogP contribution in [0.25, 0.3) is 0 Å². The molecular formula is C24H32O7Si. The van der Waals surface area contributed by atoms with E-state index in [-0.39, 0.29) is 6.79 Å². The largest absolute Gasteiger partial charge is 0.493 e. The van der Waals surface area contributed by atoms with Gasteiger partial charge in [0.2, 0.25) is 18.8 Å². The summed E-state index contributed by atoms with van der Waals surface area (Å²) in [7, 11) is 1.23. The Labute approximate surface area is 190 Å². The topological polar surface area (TPSA) is 64.6 Å². The molecule has 2 atom stereocenters. The minimum Gasteiger partial charge on any atom is -0.493 e. The summed E-state index contributed by atoms with van der Waals surface area (Å²) in [5.74, 6) is 3.58. The Morgan fingerprint density at radius 1 is 1.00 bits per heavy atom. The zero-order valence-electron chi connectivity index (χ0n) is 19.6. The van der Waals surface area contributed by atoms with Crippen LogP contribution in [-0.2, 0) is 10.8 Å². The number of fused-ring (bicyclic) bond motifs is 1.